The maximum atomic E-state index is 8.62. The van der Waals surface area contributed by atoms with Crippen molar-refractivity contribution < 1.29 is 9.84 Å². The minimum atomic E-state index is 0.0747. The van der Waals surface area contributed by atoms with Crippen LogP contribution in [0, 0.1) is 11.8 Å². The molecule has 0 aliphatic carbocycles. The molecule has 0 saturated carbocycles. The molecule has 1 aromatic carbocycles. The maximum Gasteiger partial charge on any atom is 0.138 e. The molecule has 0 radical (unpaired) electrons. The monoisotopic (exact) mass is 253 g/mol. The fourth-order valence-electron chi connectivity index (χ4n) is 1.49. The summed E-state index contributed by atoms with van der Waals surface area (Å²) in [7, 11) is 0. The van der Waals surface area contributed by atoms with E-state index in [4.69, 9.17) is 9.84 Å². The van der Waals surface area contributed by atoms with E-state index in [0.717, 1.165) is 11.3 Å². The molecule has 0 aliphatic heterocycles. The Bertz CT molecular complexity index is 553. The van der Waals surface area contributed by atoms with Gasteiger partial charge in [0.2, 0.25) is 0 Å². The van der Waals surface area contributed by atoms with Gasteiger partial charge in [-0.15, -0.1) is 0 Å². The molecule has 2 aromatic rings. The normalized spacial score (nSPS) is 9.53. The third-order valence-electron chi connectivity index (χ3n) is 2.44. The second kappa shape index (κ2) is 7.20. The SMILES string of the molecule is OCCC#Cc1ccc(OCc2ccccc2)cn1. The van der Waals surface area contributed by atoms with E-state index in [1.807, 2.05) is 42.5 Å². The molecule has 3 heteroatoms. The molecule has 2 rings (SSSR count). The van der Waals surface area contributed by atoms with Gasteiger partial charge in [-0.2, -0.15) is 0 Å². The Balaban J connectivity index is 1.91. The zero-order valence-corrected chi connectivity index (χ0v) is 10.5. The number of hydrogen-bond donors (Lipinski definition) is 1. The van der Waals surface area contributed by atoms with Crippen LogP contribution in [0.25, 0.3) is 0 Å². The van der Waals surface area contributed by atoms with E-state index in [0.29, 0.717) is 18.7 Å². The number of aliphatic hydroxyl groups is 1. The zero-order valence-electron chi connectivity index (χ0n) is 10.5. The number of aliphatic hydroxyl groups excluding tert-OH is 1. The fourth-order valence-corrected chi connectivity index (χ4v) is 1.49. The van der Waals surface area contributed by atoms with Crippen LogP contribution in [0.4, 0.5) is 0 Å². The smallest absolute Gasteiger partial charge is 0.138 e. The van der Waals surface area contributed by atoms with Crippen LogP contribution in [0.3, 0.4) is 0 Å². The van der Waals surface area contributed by atoms with Crippen molar-refractivity contribution in [3.8, 4) is 17.6 Å². The van der Waals surface area contributed by atoms with Crippen molar-refractivity contribution in [2.75, 3.05) is 6.61 Å². The van der Waals surface area contributed by atoms with Crippen molar-refractivity contribution >= 4 is 0 Å². The lowest BCUT2D eigenvalue weighted by atomic mass is 10.2. The minimum Gasteiger partial charge on any atom is -0.487 e. The topological polar surface area (TPSA) is 42.4 Å². The lowest BCUT2D eigenvalue weighted by Crippen LogP contribution is -1.95. The van der Waals surface area contributed by atoms with Gasteiger partial charge >= 0.3 is 0 Å². The lowest BCUT2D eigenvalue weighted by Gasteiger charge is -2.05. The zero-order chi connectivity index (χ0) is 13.3. The Labute approximate surface area is 112 Å². The van der Waals surface area contributed by atoms with Crippen molar-refractivity contribution in [1.82, 2.24) is 4.98 Å². The molecule has 0 bridgehead atoms. The Morgan fingerprint density at radius 2 is 1.95 bits per heavy atom. The Kier molecular flexibility index (Phi) is 4.97. The summed E-state index contributed by atoms with van der Waals surface area (Å²) < 4.78 is 5.62. The summed E-state index contributed by atoms with van der Waals surface area (Å²) in [5.41, 5.74) is 1.80. The number of aromatic nitrogens is 1. The summed E-state index contributed by atoms with van der Waals surface area (Å²) >= 11 is 0. The number of nitrogens with zero attached hydrogens (tertiary/aromatic N) is 1. The highest BCUT2D eigenvalue weighted by Gasteiger charge is 1.96. The minimum absolute atomic E-state index is 0.0747. The number of hydrogen-bond acceptors (Lipinski definition) is 3. The highest BCUT2D eigenvalue weighted by atomic mass is 16.5. The van der Waals surface area contributed by atoms with Gasteiger partial charge in [0.15, 0.2) is 0 Å². The molecule has 0 aliphatic rings. The molecule has 0 spiro atoms. The molecular formula is C16H15NO2. The van der Waals surface area contributed by atoms with Crippen LogP contribution in [0.1, 0.15) is 17.7 Å². The molecule has 19 heavy (non-hydrogen) atoms. The first kappa shape index (κ1) is 13.1. The average Bonchev–Trinajstić information content (AvgIpc) is 2.48. The second-order valence-electron chi connectivity index (χ2n) is 3.93. The lowest BCUT2D eigenvalue weighted by molar-refractivity contribution is 0.304. The van der Waals surface area contributed by atoms with Crippen LogP contribution in [-0.4, -0.2) is 16.7 Å². The van der Waals surface area contributed by atoms with E-state index in [1.54, 1.807) is 6.20 Å². The number of rotatable bonds is 4. The second-order valence-corrected chi connectivity index (χ2v) is 3.93. The molecule has 96 valence electrons. The summed E-state index contributed by atoms with van der Waals surface area (Å²) in [6.07, 6.45) is 2.12. The Morgan fingerprint density at radius 1 is 1.11 bits per heavy atom. The van der Waals surface area contributed by atoms with Gasteiger partial charge in [0.05, 0.1) is 12.8 Å². The van der Waals surface area contributed by atoms with E-state index in [9.17, 15) is 0 Å². The van der Waals surface area contributed by atoms with E-state index < -0.39 is 0 Å². The molecule has 0 unspecified atom stereocenters. The van der Waals surface area contributed by atoms with Crippen LogP contribution in [-0.2, 0) is 6.61 Å². The van der Waals surface area contributed by atoms with Crippen molar-refractivity contribution in [3.05, 3.63) is 59.9 Å². The molecule has 1 aromatic heterocycles. The average molecular weight is 253 g/mol. The third kappa shape index (κ3) is 4.46. The van der Waals surface area contributed by atoms with Crippen LogP contribution >= 0.6 is 0 Å². The summed E-state index contributed by atoms with van der Waals surface area (Å²) in [4.78, 5) is 4.18. The fraction of sp³-hybridized carbons (Fsp3) is 0.188. The van der Waals surface area contributed by atoms with Gasteiger partial charge in [0.1, 0.15) is 18.1 Å². The molecule has 1 N–H and O–H groups in total. The van der Waals surface area contributed by atoms with Crippen LogP contribution in [0.15, 0.2) is 48.7 Å². The molecule has 3 nitrogen and oxygen atoms in total. The molecule has 0 fully saturated rings. The maximum absolute atomic E-state index is 8.62. The summed E-state index contributed by atoms with van der Waals surface area (Å²) in [5.74, 6) is 6.41. The van der Waals surface area contributed by atoms with Gasteiger partial charge in [0, 0.05) is 6.42 Å². The van der Waals surface area contributed by atoms with Crippen molar-refractivity contribution in [2.24, 2.45) is 0 Å². The third-order valence-corrected chi connectivity index (χ3v) is 2.44. The number of benzene rings is 1. The predicted octanol–water partition coefficient (Wildman–Crippen LogP) is 2.39. The van der Waals surface area contributed by atoms with E-state index in [1.165, 1.54) is 0 Å². The number of ether oxygens (including phenoxy) is 1. The quantitative estimate of drug-likeness (QED) is 0.851. The summed E-state index contributed by atoms with van der Waals surface area (Å²) in [6, 6.07) is 13.6. The summed E-state index contributed by atoms with van der Waals surface area (Å²) in [6.45, 7) is 0.601. The van der Waals surface area contributed by atoms with Gasteiger partial charge in [-0.3, -0.25) is 0 Å². The molecule has 0 atom stereocenters. The van der Waals surface area contributed by atoms with Crippen molar-refractivity contribution in [3.63, 3.8) is 0 Å². The van der Waals surface area contributed by atoms with Crippen LogP contribution < -0.4 is 4.74 Å². The summed E-state index contributed by atoms with van der Waals surface area (Å²) in [5, 5.41) is 8.62. The first-order valence-corrected chi connectivity index (χ1v) is 6.11. The van der Waals surface area contributed by atoms with Gasteiger partial charge in [-0.1, -0.05) is 36.3 Å². The van der Waals surface area contributed by atoms with E-state index >= 15 is 0 Å². The highest BCUT2D eigenvalue weighted by Crippen LogP contribution is 2.11. The largest absolute Gasteiger partial charge is 0.487 e. The first-order valence-electron chi connectivity index (χ1n) is 6.11. The highest BCUT2D eigenvalue weighted by molar-refractivity contribution is 5.31. The predicted molar refractivity (Wildman–Crippen MR) is 73.6 cm³/mol. The van der Waals surface area contributed by atoms with Crippen molar-refractivity contribution in [1.29, 1.82) is 0 Å². The van der Waals surface area contributed by atoms with Crippen LogP contribution in [0.5, 0.6) is 5.75 Å². The van der Waals surface area contributed by atoms with Crippen molar-refractivity contribution in [2.45, 2.75) is 13.0 Å². The van der Waals surface area contributed by atoms with Gasteiger partial charge in [-0.25, -0.2) is 4.98 Å². The van der Waals surface area contributed by atoms with Gasteiger partial charge in [0.25, 0.3) is 0 Å². The Hall–Kier alpha value is -2.31. The molecular weight excluding hydrogens is 238 g/mol. The van der Waals surface area contributed by atoms with Crippen LogP contribution in [0.2, 0.25) is 0 Å². The molecule has 0 saturated heterocycles. The number of pyridine rings is 1. The van der Waals surface area contributed by atoms with E-state index in [2.05, 4.69) is 16.8 Å². The van der Waals surface area contributed by atoms with Gasteiger partial charge in [-0.05, 0) is 23.6 Å². The van der Waals surface area contributed by atoms with Gasteiger partial charge < -0.3 is 9.84 Å². The first-order chi connectivity index (χ1) is 9.38. The molecule has 1 heterocycles. The molecule has 0 amide bonds. The Morgan fingerprint density at radius 3 is 2.63 bits per heavy atom. The van der Waals surface area contributed by atoms with E-state index in [-0.39, 0.29) is 6.61 Å². The standard InChI is InChI=1S/C16H15NO2/c18-11-5-4-8-15-9-10-16(12-17-15)19-13-14-6-2-1-3-7-14/h1-3,6-7,9-10,12,18H,5,11,13H2.